The number of benzene rings is 1. The minimum atomic E-state index is -1.04. The molecule has 8 heteroatoms. The number of aromatic nitrogens is 2. The number of rotatable bonds is 5. The van der Waals surface area contributed by atoms with E-state index in [4.69, 9.17) is 21.6 Å². The van der Waals surface area contributed by atoms with Gasteiger partial charge in [0.2, 0.25) is 10.8 Å². The van der Waals surface area contributed by atoms with Gasteiger partial charge in [0.15, 0.2) is 5.82 Å². The number of aliphatic hydroxyl groups is 1. The van der Waals surface area contributed by atoms with Crippen LogP contribution < -0.4 is 10.2 Å². The zero-order valence-electron chi connectivity index (χ0n) is 16.9. The van der Waals surface area contributed by atoms with Gasteiger partial charge < -0.3 is 19.9 Å². The third-order valence-electron chi connectivity index (χ3n) is 6.77. The Bertz CT molecular complexity index is 903. The normalized spacial score (nSPS) is 26.4. The summed E-state index contributed by atoms with van der Waals surface area (Å²) >= 11 is 4.99. The molecule has 3 aliphatic rings. The summed E-state index contributed by atoms with van der Waals surface area (Å²) in [5, 5.41) is 13.8. The summed E-state index contributed by atoms with van der Waals surface area (Å²) in [6, 6.07) is 8.38. The Kier molecular flexibility index (Phi) is 5.79. The Labute approximate surface area is 185 Å². The van der Waals surface area contributed by atoms with Gasteiger partial charge in [-0.1, -0.05) is 23.7 Å². The molecule has 1 aromatic carbocycles. The first-order valence-electron chi connectivity index (χ1n) is 10.8. The maximum Gasteiger partial charge on any atom is 0.227 e. The van der Waals surface area contributed by atoms with Crippen LogP contribution in [-0.2, 0) is 17.6 Å². The molecule has 3 heterocycles. The standard InChI is InChI=1S/C22H27ClN4O2S/c23-17-4-1-14(2-5-17)15-7-10-27(11-8-15)22-25-19-9-12-30(29)20(19)21(26-22)24-18-6-3-16(18)13-28/h1-2,4-5,15-16,18,28H,3,6-13H2,(H,24,25,26)/t16?,18?,30-/m1/s1. The molecule has 1 saturated heterocycles. The molecule has 160 valence electrons. The molecular formula is C22H27ClN4O2S. The fraction of sp³-hybridized carbons (Fsp3) is 0.545. The van der Waals surface area contributed by atoms with Gasteiger partial charge in [-0.3, -0.25) is 0 Å². The minimum Gasteiger partial charge on any atom is -0.611 e. The summed E-state index contributed by atoms with van der Waals surface area (Å²) in [6.07, 6.45) is 4.87. The third kappa shape index (κ3) is 3.88. The van der Waals surface area contributed by atoms with Crippen LogP contribution in [0, 0.1) is 5.92 Å². The number of aryl methyl sites for hydroxylation is 1. The van der Waals surface area contributed by atoms with Crippen LogP contribution in [0.2, 0.25) is 5.02 Å². The van der Waals surface area contributed by atoms with Crippen molar-refractivity contribution in [3.8, 4) is 0 Å². The lowest BCUT2D eigenvalue weighted by molar-refractivity contribution is 0.147. The molecule has 0 amide bonds. The van der Waals surface area contributed by atoms with Crippen molar-refractivity contribution in [2.45, 2.75) is 49.0 Å². The largest absolute Gasteiger partial charge is 0.611 e. The van der Waals surface area contributed by atoms with Crippen LogP contribution in [0.5, 0.6) is 0 Å². The molecule has 2 fully saturated rings. The number of halogens is 1. The third-order valence-corrected chi connectivity index (χ3v) is 8.48. The first kappa shape index (κ1) is 20.4. The second kappa shape index (κ2) is 8.54. The van der Waals surface area contributed by atoms with Crippen molar-refractivity contribution in [1.29, 1.82) is 0 Å². The molecule has 0 spiro atoms. The Hall–Kier alpha value is -1.54. The van der Waals surface area contributed by atoms with Gasteiger partial charge in [0.25, 0.3) is 0 Å². The van der Waals surface area contributed by atoms with Crippen molar-refractivity contribution in [2.75, 3.05) is 35.7 Å². The number of aliphatic hydroxyl groups excluding tert-OH is 1. The zero-order valence-corrected chi connectivity index (χ0v) is 18.5. The lowest BCUT2D eigenvalue weighted by Crippen LogP contribution is -2.41. The van der Waals surface area contributed by atoms with Gasteiger partial charge in [-0.15, -0.1) is 0 Å². The molecule has 2 unspecified atom stereocenters. The highest BCUT2D eigenvalue weighted by Gasteiger charge is 2.37. The van der Waals surface area contributed by atoms with Crippen molar-refractivity contribution in [3.05, 3.63) is 40.5 Å². The fourth-order valence-electron chi connectivity index (χ4n) is 4.72. The van der Waals surface area contributed by atoms with E-state index >= 15 is 0 Å². The van der Waals surface area contributed by atoms with E-state index in [1.165, 1.54) is 5.56 Å². The summed E-state index contributed by atoms with van der Waals surface area (Å²) < 4.78 is 12.6. The van der Waals surface area contributed by atoms with Gasteiger partial charge in [0, 0.05) is 43.1 Å². The first-order chi connectivity index (χ1) is 14.6. The van der Waals surface area contributed by atoms with E-state index in [2.05, 4.69) is 22.3 Å². The molecule has 1 aromatic heterocycles. The SMILES string of the molecule is [O-][S@+]1CCc2nc(N3CCC(c4ccc(Cl)cc4)CC3)nc(NC3CCC3CO)c21. The molecule has 0 bridgehead atoms. The monoisotopic (exact) mass is 446 g/mol. The Morgan fingerprint density at radius 3 is 2.57 bits per heavy atom. The Balaban J connectivity index is 1.33. The average Bonchev–Trinajstić information content (AvgIpc) is 3.13. The van der Waals surface area contributed by atoms with E-state index in [0.29, 0.717) is 17.5 Å². The molecule has 1 aliphatic carbocycles. The predicted octanol–water partition coefficient (Wildman–Crippen LogP) is 3.36. The number of fused-ring (bicyclic) bond motifs is 1. The smallest absolute Gasteiger partial charge is 0.227 e. The molecule has 3 atom stereocenters. The van der Waals surface area contributed by atoms with Gasteiger partial charge in [-0.05, 0) is 60.5 Å². The topological polar surface area (TPSA) is 84.3 Å². The van der Waals surface area contributed by atoms with E-state index in [1.54, 1.807) is 0 Å². The van der Waals surface area contributed by atoms with Crippen LogP contribution in [0.3, 0.4) is 0 Å². The van der Waals surface area contributed by atoms with Crippen molar-refractivity contribution >= 4 is 34.5 Å². The van der Waals surface area contributed by atoms with E-state index in [0.717, 1.165) is 66.8 Å². The van der Waals surface area contributed by atoms with Gasteiger partial charge in [0.1, 0.15) is 11.4 Å². The summed E-state index contributed by atoms with van der Waals surface area (Å²) in [6.45, 7) is 1.98. The average molecular weight is 447 g/mol. The molecular weight excluding hydrogens is 420 g/mol. The lowest BCUT2D eigenvalue weighted by atomic mass is 9.80. The molecule has 1 saturated carbocycles. The van der Waals surface area contributed by atoms with Gasteiger partial charge in [-0.2, -0.15) is 4.98 Å². The molecule has 2 N–H and O–H groups in total. The number of hydrogen-bond acceptors (Lipinski definition) is 6. The molecule has 30 heavy (non-hydrogen) atoms. The van der Waals surface area contributed by atoms with Gasteiger partial charge in [0.05, 0.1) is 0 Å². The number of piperidine rings is 1. The van der Waals surface area contributed by atoms with E-state index < -0.39 is 11.2 Å². The molecule has 0 radical (unpaired) electrons. The van der Waals surface area contributed by atoms with Crippen LogP contribution in [0.25, 0.3) is 0 Å². The van der Waals surface area contributed by atoms with Crippen molar-refractivity contribution < 1.29 is 9.66 Å². The predicted molar refractivity (Wildman–Crippen MR) is 120 cm³/mol. The zero-order chi connectivity index (χ0) is 20.7. The summed E-state index contributed by atoms with van der Waals surface area (Å²) in [7, 11) is 0. The second-order valence-corrected chi connectivity index (χ2v) is 10.5. The van der Waals surface area contributed by atoms with Gasteiger partial charge in [-0.25, -0.2) is 4.98 Å². The highest BCUT2D eigenvalue weighted by atomic mass is 35.5. The lowest BCUT2D eigenvalue weighted by Gasteiger charge is -2.37. The molecule has 2 aromatic rings. The van der Waals surface area contributed by atoms with Crippen LogP contribution in [-0.4, -0.2) is 51.1 Å². The fourth-order valence-corrected chi connectivity index (χ4v) is 6.16. The van der Waals surface area contributed by atoms with Crippen LogP contribution in [0.15, 0.2) is 29.2 Å². The number of hydrogen-bond donors (Lipinski definition) is 2. The maximum atomic E-state index is 12.6. The number of nitrogens with one attached hydrogen (secondary N) is 1. The first-order valence-corrected chi connectivity index (χ1v) is 12.5. The summed E-state index contributed by atoms with van der Waals surface area (Å²) in [5.74, 6) is 2.86. The quantitative estimate of drug-likeness (QED) is 0.685. The van der Waals surface area contributed by atoms with Crippen molar-refractivity contribution in [1.82, 2.24) is 9.97 Å². The summed E-state index contributed by atoms with van der Waals surface area (Å²) in [4.78, 5) is 12.7. The molecule has 5 rings (SSSR count). The van der Waals surface area contributed by atoms with E-state index in [9.17, 15) is 9.66 Å². The van der Waals surface area contributed by atoms with E-state index in [-0.39, 0.29) is 18.6 Å². The highest BCUT2D eigenvalue weighted by molar-refractivity contribution is 7.91. The van der Waals surface area contributed by atoms with Crippen molar-refractivity contribution in [3.63, 3.8) is 0 Å². The maximum absolute atomic E-state index is 12.6. The number of nitrogens with zero attached hydrogens (tertiary/aromatic N) is 3. The Morgan fingerprint density at radius 1 is 1.13 bits per heavy atom. The van der Waals surface area contributed by atoms with Crippen LogP contribution in [0.4, 0.5) is 11.8 Å². The molecule has 2 aliphatic heterocycles. The van der Waals surface area contributed by atoms with Crippen LogP contribution >= 0.6 is 11.6 Å². The minimum absolute atomic E-state index is 0.180. The van der Waals surface area contributed by atoms with Crippen molar-refractivity contribution in [2.24, 2.45) is 5.92 Å². The Morgan fingerprint density at radius 2 is 1.90 bits per heavy atom. The van der Waals surface area contributed by atoms with Crippen LogP contribution in [0.1, 0.15) is 42.9 Å². The highest BCUT2D eigenvalue weighted by Crippen LogP contribution is 2.37. The second-order valence-electron chi connectivity index (χ2n) is 8.53. The molecule has 6 nitrogen and oxygen atoms in total. The summed E-state index contributed by atoms with van der Waals surface area (Å²) in [5.41, 5.74) is 2.26. The number of anilines is 2. The van der Waals surface area contributed by atoms with E-state index in [1.807, 2.05) is 12.1 Å². The van der Waals surface area contributed by atoms with Gasteiger partial charge >= 0.3 is 0 Å².